The summed E-state index contributed by atoms with van der Waals surface area (Å²) in [6.07, 6.45) is 1.79. The number of aldehydes is 1. The molecule has 3 rings (SSSR count). The van der Waals surface area contributed by atoms with Gasteiger partial charge in [0.2, 0.25) is 47.3 Å². The summed E-state index contributed by atoms with van der Waals surface area (Å²) >= 11 is 0. The third-order valence-electron chi connectivity index (χ3n) is 14.5. The first-order chi connectivity index (χ1) is 39.5. The summed E-state index contributed by atoms with van der Waals surface area (Å²) in [6.45, 7) is 13.7. The molecule has 0 fully saturated rings. The Bertz CT molecular complexity index is 2780. The maximum absolute atomic E-state index is 14.8. The molecule has 12 N–H and O–H groups in total. The van der Waals surface area contributed by atoms with Gasteiger partial charge < -0.3 is 72.5 Å². The van der Waals surface area contributed by atoms with Gasteiger partial charge in [0.25, 0.3) is 0 Å². The van der Waals surface area contributed by atoms with Crippen LogP contribution in [-0.4, -0.2) is 152 Å². The number of nitrogens with one attached hydrogen (secondary N) is 7. The van der Waals surface area contributed by atoms with Gasteiger partial charge >= 0.3 is 11.9 Å². The second-order valence-corrected chi connectivity index (χ2v) is 22.2. The molecule has 462 valence electrons. The molecule has 0 saturated carbocycles. The van der Waals surface area contributed by atoms with Crippen LogP contribution in [0.3, 0.4) is 0 Å². The van der Waals surface area contributed by atoms with Crippen LogP contribution >= 0.6 is 0 Å². The van der Waals surface area contributed by atoms with Crippen molar-refractivity contribution >= 4 is 65.5 Å². The maximum atomic E-state index is 14.8. The molecule has 1 heterocycles. The number of hydrogen-bond acceptors (Lipinski definition) is 13. The Morgan fingerprint density at radius 2 is 1.36 bits per heavy atom. The summed E-state index contributed by atoms with van der Waals surface area (Å²) < 4.78 is 16.7. The highest BCUT2D eigenvalue weighted by molar-refractivity contribution is 5.96. The molecule has 0 bridgehead atoms. The molecule has 8 amide bonds. The summed E-state index contributed by atoms with van der Waals surface area (Å²) in [7, 11) is 0. The van der Waals surface area contributed by atoms with Crippen LogP contribution in [0, 0.1) is 24.1 Å². The van der Waals surface area contributed by atoms with Crippen molar-refractivity contribution in [1.82, 2.24) is 46.7 Å². The van der Waals surface area contributed by atoms with E-state index in [0.29, 0.717) is 23.1 Å². The number of aliphatic carboxylic acids is 2. The molecule has 0 saturated heterocycles. The number of aliphatic hydroxyl groups excluding tert-OH is 1. The zero-order valence-corrected chi connectivity index (χ0v) is 49.5. The number of carbonyl (C=O) groups is 11. The van der Waals surface area contributed by atoms with Gasteiger partial charge in [-0.2, -0.15) is 0 Å². The number of halogens is 1. The van der Waals surface area contributed by atoms with E-state index >= 15 is 0 Å². The van der Waals surface area contributed by atoms with E-state index in [9.17, 15) is 67.3 Å². The van der Waals surface area contributed by atoms with Gasteiger partial charge in [-0.15, -0.1) is 0 Å². The minimum Gasteiger partial charge on any atom is -0.481 e. The fraction of sp³-hybridized carbons (Fsp3) is 0.542. The van der Waals surface area contributed by atoms with Crippen LogP contribution in [-0.2, 0) is 59.3 Å². The van der Waals surface area contributed by atoms with E-state index in [1.54, 1.807) is 6.07 Å². The molecule has 0 spiro atoms. The average Bonchev–Trinajstić information content (AvgIpc) is 2.73. The molecular formula is C59H85FN10O14. The minimum atomic E-state index is -1.80. The zero-order valence-electron chi connectivity index (χ0n) is 49.5. The van der Waals surface area contributed by atoms with Crippen LogP contribution in [0.15, 0.2) is 60.8 Å². The Morgan fingerprint density at radius 1 is 0.738 bits per heavy atom. The van der Waals surface area contributed by atoms with Gasteiger partial charge in [0, 0.05) is 74.9 Å². The van der Waals surface area contributed by atoms with Crippen molar-refractivity contribution in [2.45, 2.75) is 168 Å². The molecule has 25 heteroatoms. The maximum Gasteiger partial charge on any atom is 0.326 e. The normalized spacial score (nSPS) is 14.0. The minimum absolute atomic E-state index is 0.0742. The van der Waals surface area contributed by atoms with E-state index in [4.69, 9.17) is 10.8 Å². The van der Waals surface area contributed by atoms with Crippen molar-refractivity contribution < 1.29 is 72.4 Å². The van der Waals surface area contributed by atoms with Crippen molar-refractivity contribution in [1.29, 1.82) is 0 Å². The largest absolute Gasteiger partial charge is 0.481 e. The highest BCUT2D eigenvalue weighted by atomic mass is 19.1. The lowest BCUT2D eigenvalue weighted by Crippen LogP contribution is -2.60. The number of nitrogens with two attached hydrogens (primary N) is 1. The second-order valence-electron chi connectivity index (χ2n) is 22.2. The monoisotopic (exact) mass is 1180 g/mol. The number of carbonyl (C=O) groups excluding carboxylic acids is 9. The first-order valence-electron chi connectivity index (χ1n) is 28.1. The van der Waals surface area contributed by atoms with Crippen molar-refractivity contribution in [2.24, 2.45) is 17.1 Å². The summed E-state index contributed by atoms with van der Waals surface area (Å²) in [6, 6.07) is 7.02. The van der Waals surface area contributed by atoms with Crippen LogP contribution in [0.5, 0.6) is 0 Å². The van der Waals surface area contributed by atoms with Gasteiger partial charge in [-0.25, -0.2) is 9.18 Å². The topological polar surface area (TPSA) is 367 Å². The molecule has 2 aromatic carbocycles. The molecule has 7 atom stereocenters. The van der Waals surface area contributed by atoms with Gasteiger partial charge in [0.05, 0.1) is 12.0 Å². The molecule has 3 aromatic rings. The summed E-state index contributed by atoms with van der Waals surface area (Å²) in [5, 5.41) is 46.8. The van der Waals surface area contributed by atoms with Crippen molar-refractivity contribution in [3.05, 3.63) is 83.4 Å². The van der Waals surface area contributed by atoms with Crippen molar-refractivity contribution in [3.63, 3.8) is 0 Å². The fourth-order valence-corrected chi connectivity index (χ4v) is 9.23. The number of aliphatic hydroxyl groups is 1. The molecule has 2 unspecified atom stereocenters. The lowest BCUT2D eigenvalue weighted by atomic mass is 9.82. The molecule has 0 aliphatic heterocycles. The van der Waals surface area contributed by atoms with E-state index in [1.165, 1.54) is 30.9 Å². The van der Waals surface area contributed by atoms with Gasteiger partial charge in [-0.05, 0) is 100 Å². The molecule has 0 aliphatic carbocycles. The third kappa shape index (κ3) is 21.9. The first kappa shape index (κ1) is 70.2. The van der Waals surface area contributed by atoms with Crippen molar-refractivity contribution in [2.75, 3.05) is 26.2 Å². The first-order valence-corrected chi connectivity index (χ1v) is 28.1. The van der Waals surface area contributed by atoms with Gasteiger partial charge in [-0.3, -0.25) is 43.2 Å². The van der Waals surface area contributed by atoms with Crippen LogP contribution in [0.1, 0.15) is 136 Å². The highest BCUT2D eigenvalue weighted by Crippen LogP contribution is 2.41. The van der Waals surface area contributed by atoms with Crippen LogP contribution in [0.25, 0.3) is 11.1 Å². The van der Waals surface area contributed by atoms with E-state index in [2.05, 4.69) is 37.2 Å². The number of carboxylic acid groups (broad SMARTS) is 2. The predicted molar refractivity (Wildman–Crippen MR) is 308 cm³/mol. The Morgan fingerprint density at radius 3 is 1.94 bits per heavy atom. The van der Waals surface area contributed by atoms with Crippen LogP contribution in [0.2, 0.25) is 0 Å². The Labute approximate surface area is 489 Å². The third-order valence-corrected chi connectivity index (χ3v) is 14.5. The van der Waals surface area contributed by atoms with Gasteiger partial charge in [0.15, 0.2) is 0 Å². The number of aryl methyl sites for hydroxylation is 1. The lowest BCUT2D eigenvalue weighted by molar-refractivity contribution is -0.143. The number of benzene rings is 2. The number of carboxylic acids is 2. The molecule has 0 radical (unpaired) electrons. The second kappa shape index (κ2) is 33.3. The molecule has 0 aliphatic rings. The summed E-state index contributed by atoms with van der Waals surface area (Å²) in [4.78, 5) is 145. The van der Waals surface area contributed by atoms with Crippen LogP contribution in [0.4, 0.5) is 4.39 Å². The Balaban J connectivity index is 1.99. The zero-order chi connectivity index (χ0) is 63.1. The summed E-state index contributed by atoms with van der Waals surface area (Å²) in [5.41, 5.74) is 8.05. The quantitative estimate of drug-likeness (QED) is 0.0377. The van der Waals surface area contributed by atoms with E-state index in [0.717, 1.165) is 24.0 Å². The SMILES string of the molecule is CCC(C)(CC)NC(=O)CCCC(=O)N[C@@H](C)C(=O)N[C@H](C)C(=O)N[C@H](C(=O)N[C@@H](CCN(C(=O)CO)C(c1cc(-c2cc(F)ccc2C)cn1Cc1ccccc1)C(C)(C)C)C(=O)NCCC(=O)N[C@H](CCC(=O)O)C(=O)O)C(C=O)CN. The molecule has 1 aromatic heterocycles. The van der Waals surface area contributed by atoms with E-state index < -0.39 is 152 Å². The number of aromatic nitrogens is 1. The average molecular weight is 1180 g/mol. The van der Waals surface area contributed by atoms with E-state index in [-0.39, 0.29) is 43.8 Å². The molecular weight excluding hydrogens is 1090 g/mol. The fourth-order valence-electron chi connectivity index (χ4n) is 9.23. The number of amides is 8. The predicted octanol–water partition coefficient (Wildman–Crippen LogP) is 2.51. The summed E-state index contributed by atoms with van der Waals surface area (Å²) in [5.74, 6) is -11.0. The highest BCUT2D eigenvalue weighted by Gasteiger charge is 2.39. The number of rotatable bonds is 35. The lowest BCUT2D eigenvalue weighted by Gasteiger charge is -2.41. The smallest absolute Gasteiger partial charge is 0.326 e. The number of hydrogen-bond donors (Lipinski definition) is 11. The van der Waals surface area contributed by atoms with Crippen LogP contribution < -0.4 is 43.0 Å². The Kier molecular flexibility index (Phi) is 27.8. The van der Waals surface area contributed by atoms with Crippen molar-refractivity contribution in [3.8, 4) is 11.1 Å². The molecule has 24 nitrogen and oxygen atoms in total. The van der Waals surface area contributed by atoms with E-state index in [1.807, 2.05) is 95.6 Å². The van der Waals surface area contributed by atoms with Gasteiger partial charge in [-0.1, -0.05) is 71.0 Å². The number of nitrogens with zero attached hydrogens (tertiary/aromatic N) is 2. The Hall–Kier alpha value is -8.06. The molecule has 84 heavy (non-hydrogen) atoms. The standard InChI is InChI=1S/C59H85FN10O14/c1-10-59(9,11-2)68-48(75)19-15-18-46(73)63-36(4)53(79)64-37(5)54(80)67-51(40(30-61)33-71)56(82)66-43(55(81)62-26-24-47(74)65-44(57(83)84)22-23-50(77)78)25-27-70(49(76)34-72)52(58(6,7)8)45-28-39(42-29-41(60)21-20-35(42)3)32-69(45)31-38-16-13-12-14-17-38/h12-14,16-17,20-21,28-29,32-33,36-37,40,43-44,51-52,72H,10-11,15,18-19,22-27,30-31,34,61H2,1-9H3,(H,62,81)(H,63,73)(H,64,79)(H,65,74)(H,66,82)(H,67,80)(H,68,75)(H,77,78)(H,83,84)/t36-,37+,40?,43-,44+,51-,52?/m0/s1. The van der Waals surface area contributed by atoms with Gasteiger partial charge in [0.1, 0.15) is 48.9 Å².